The fourth-order valence-electron chi connectivity index (χ4n) is 4.15. The number of carbonyl (C=O) groups is 1. The van der Waals surface area contributed by atoms with Crippen molar-refractivity contribution in [1.82, 2.24) is 14.1 Å². The van der Waals surface area contributed by atoms with Crippen LogP contribution in [0.15, 0.2) is 76.4 Å². The maximum Gasteiger partial charge on any atom is 0.292 e. The first-order valence-electron chi connectivity index (χ1n) is 10.9. The Morgan fingerprint density at radius 2 is 1.76 bits per heavy atom. The summed E-state index contributed by atoms with van der Waals surface area (Å²) in [5, 5.41) is 9.16. The highest BCUT2D eigenvalue weighted by Gasteiger charge is 2.29. The van der Waals surface area contributed by atoms with Crippen LogP contribution in [0, 0.1) is 0 Å². The number of nitrogens with one attached hydrogen (secondary N) is 1. The largest absolute Gasteiger partial charge is 0.438 e. The number of furan rings is 1. The molecule has 0 bridgehead atoms. The molecule has 0 aliphatic carbocycles. The molecule has 0 unspecified atom stereocenters. The van der Waals surface area contributed by atoms with Crippen molar-refractivity contribution in [2.24, 2.45) is 0 Å². The summed E-state index contributed by atoms with van der Waals surface area (Å²) in [6.45, 7) is 1.41. The molecule has 0 spiro atoms. The Morgan fingerprint density at radius 3 is 2.61 bits per heavy atom. The topological polar surface area (TPSA) is 97.4 Å². The summed E-state index contributed by atoms with van der Waals surface area (Å²) in [6, 6.07) is 18.6. The predicted molar refractivity (Wildman–Crippen MR) is 125 cm³/mol. The Bertz CT molecular complexity index is 1400. The maximum absolute atomic E-state index is 12.8. The lowest BCUT2D eigenvalue weighted by Crippen LogP contribution is -2.35. The third kappa shape index (κ3) is 4.29. The van der Waals surface area contributed by atoms with E-state index in [2.05, 4.69) is 28.6 Å². The van der Waals surface area contributed by atoms with Gasteiger partial charge in [-0.1, -0.05) is 48.9 Å². The monoisotopic (exact) mass is 464 g/mol. The van der Waals surface area contributed by atoms with Crippen LogP contribution in [-0.4, -0.2) is 41.5 Å². The van der Waals surface area contributed by atoms with Crippen LogP contribution in [0.25, 0.3) is 10.8 Å². The van der Waals surface area contributed by atoms with Crippen molar-refractivity contribution in [2.75, 3.05) is 18.4 Å². The number of nitrogens with zero attached hydrogens (tertiary/aromatic N) is 3. The Labute approximate surface area is 191 Å². The molecule has 33 heavy (non-hydrogen) atoms. The van der Waals surface area contributed by atoms with E-state index in [1.807, 2.05) is 24.3 Å². The molecule has 8 nitrogen and oxygen atoms in total. The van der Waals surface area contributed by atoms with Gasteiger partial charge in [0.05, 0.1) is 12.7 Å². The normalized spacial score (nSPS) is 15.0. The zero-order chi connectivity index (χ0) is 22.8. The Morgan fingerprint density at radius 1 is 0.970 bits per heavy atom. The third-order valence-electron chi connectivity index (χ3n) is 5.87. The minimum atomic E-state index is -3.74. The minimum absolute atomic E-state index is 0.0662. The highest BCUT2D eigenvalue weighted by atomic mass is 32.2. The summed E-state index contributed by atoms with van der Waals surface area (Å²) in [5.41, 5.74) is 1.07. The van der Waals surface area contributed by atoms with E-state index in [1.54, 1.807) is 16.9 Å². The molecule has 1 N–H and O–H groups in total. The van der Waals surface area contributed by atoms with E-state index in [4.69, 9.17) is 4.42 Å². The first-order valence-corrected chi connectivity index (χ1v) is 12.4. The van der Waals surface area contributed by atoms with Gasteiger partial charge in [0.25, 0.3) is 15.9 Å². The number of carbonyl (C=O) groups excluding carboxylic acids is 1. The highest BCUT2D eigenvalue weighted by molar-refractivity contribution is 7.89. The molecule has 170 valence electrons. The van der Waals surface area contributed by atoms with Crippen LogP contribution in [0.4, 0.5) is 5.82 Å². The van der Waals surface area contributed by atoms with Gasteiger partial charge < -0.3 is 9.73 Å². The van der Waals surface area contributed by atoms with E-state index in [0.717, 1.165) is 35.6 Å². The van der Waals surface area contributed by atoms with Gasteiger partial charge in [0.2, 0.25) is 5.09 Å². The van der Waals surface area contributed by atoms with Crippen molar-refractivity contribution in [1.29, 1.82) is 0 Å². The highest BCUT2D eigenvalue weighted by Crippen LogP contribution is 2.24. The smallest absolute Gasteiger partial charge is 0.292 e. The maximum atomic E-state index is 12.8. The van der Waals surface area contributed by atoms with Crippen LogP contribution < -0.4 is 5.32 Å². The summed E-state index contributed by atoms with van der Waals surface area (Å²) in [6.07, 6.45) is 4.28. The second-order valence-corrected chi connectivity index (χ2v) is 9.92. The Kier molecular flexibility index (Phi) is 5.74. The van der Waals surface area contributed by atoms with Crippen LogP contribution in [0.5, 0.6) is 0 Å². The summed E-state index contributed by atoms with van der Waals surface area (Å²) >= 11 is 0. The summed E-state index contributed by atoms with van der Waals surface area (Å²) in [4.78, 5) is 12.8. The molecule has 2 aromatic carbocycles. The number of aromatic nitrogens is 2. The van der Waals surface area contributed by atoms with Gasteiger partial charge in [-0.15, -0.1) is 0 Å². The van der Waals surface area contributed by atoms with E-state index in [9.17, 15) is 13.2 Å². The number of amides is 1. The van der Waals surface area contributed by atoms with Gasteiger partial charge in [0.15, 0.2) is 5.76 Å². The Hall–Kier alpha value is -3.43. The van der Waals surface area contributed by atoms with Crippen molar-refractivity contribution in [2.45, 2.75) is 30.9 Å². The van der Waals surface area contributed by atoms with Gasteiger partial charge in [-0.25, -0.2) is 13.1 Å². The van der Waals surface area contributed by atoms with Crippen LogP contribution in [0.3, 0.4) is 0 Å². The number of hydrogen-bond acceptors (Lipinski definition) is 5. The first-order chi connectivity index (χ1) is 16.0. The molecule has 2 aromatic heterocycles. The molecule has 1 saturated heterocycles. The molecular weight excluding hydrogens is 440 g/mol. The fraction of sp³-hybridized carbons (Fsp3) is 0.250. The molecule has 0 atom stereocenters. The van der Waals surface area contributed by atoms with Crippen LogP contribution in [-0.2, 0) is 16.6 Å². The minimum Gasteiger partial charge on any atom is -0.438 e. The van der Waals surface area contributed by atoms with Gasteiger partial charge >= 0.3 is 0 Å². The molecule has 1 amide bonds. The van der Waals surface area contributed by atoms with Gasteiger partial charge in [-0.05, 0) is 41.3 Å². The number of benzene rings is 2. The number of rotatable bonds is 6. The molecule has 5 rings (SSSR count). The molecular formula is C24H24N4O4S. The van der Waals surface area contributed by atoms with Gasteiger partial charge in [0.1, 0.15) is 5.82 Å². The summed E-state index contributed by atoms with van der Waals surface area (Å²) < 4.78 is 34.1. The molecule has 1 fully saturated rings. The van der Waals surface area contributed by atoms with E-state index in [1.165, 1.54) is 16.4 Å². The van der Waals surface area contributed by atoms with E-state index in [0.29, 0.717) is 25.5 Å². The van der Waals surface area contributed by atoms with Crippen LogP contribution >= 0.6 is 0 Å². The lowest BCUT2D eigenvalue weighted by Gasteiger charge is -2.24. The van der Waals surface area contributed by atoms with Crippen LogP contribution in [0.2, 0.25) is 0 Å². The summed E-state index contributed by atoms with van der Waals surface area (Å²) in [7, 11) is -3.74. The van der Waals surface area contributed by atoms with Gasteiger partial charge in [-0.3, -0.25) is 4.79 Å². The average molecular weight is 465 g/mol. The second kappa shape index (κ2) is 8.84. The van der Waals surface area contributed by atoms with Gasteiger partial charge in [-0.2, -0.15) is 9.40 Å². The lowest BCUT2D eigenvalue weighted by atomic mass is 10.0. The number of hydrogen-bond donors (Lipinski definition) is 1. The third-order valence-corrected chi connectivity index (χ3v) is 7.65. The lowest BCUT2D eigenvalue weighted by molar-refractivity contribution is 0.0990. The fourth-order valence-corrected chi connectivity index (χ4v) is 5.58. The Balaban J connectivity index is 1.33. The summed E-state index contributed by atoms with van der Waals surface area (Å²) in [5.74, 6) is -0.108. The van der Waals surface area contributed by atoms with Crippen molar-refractivity contribution in [3.63, 3.8) is 0 Å². The van der Waals surface area contributed by atoms with Crippen molar-refractivity contribution < 1.29 is 17.6 Å². The molecule has 4 aromatic rings. The molecule has 0 radical (unpaired) electrons. The van der Waals surface area contributed by atoms with Crippen LogP contribution in [0.1, 0.15) is 35.4 Å². The van der Waals surface area contributed by atoms with Crippen molar-refractivity contribution in [3.05, 3.63) is 78.2 Å². The quantitative estimate of drug-likeness (QED) is 0.463. The number of sulfonamides is 1. The molecule has 9 heteroatoms. The predicted octanol–water partition coefficient (Wildman–Crippen LogP) is 4.10. The molecule has 1 aliphatic heterocycles. The van der Waals surface area contributed by atoms with E-state index in [-0.39, 0.29) is 10.9 Å². The van der Waals surface area contributed by atoms with Gasteiger partial charge in [0, 0.05) is 19.2 Å². The zero-order valence-electron chi connectivity index (χ0n) is 18.0. The standard InChI is InChI=1S/C24H24N4O4S/c29-24(21-11-12-23(32-21)33(30,31)27-15-4-1-5-16-27)26-22-13-14-25-28(22)17-19-9-6-8-18-7-2-3-10-20(18)19/h2-3,6-14H,1,4-5,15-17H2,(H,26,29). The number of piperidine rings is 1. The van der Waals surface area contributed by atoms with E-state index >= 15 is 0 Å². The first kappa shape index (κ1) is 21.4. The SMILES string of the molecule is O=C(Nc1ccnn1Cc1cccc2ccccc12)c1ccc(S(=O)(=O)N2CCCCC2)o1. The molecule has 1 aliphatic rings. The van der Waals surface area contributed by atoms with Crippen molar-refractivity contribution >= 4 is 32.5 Å². The molecule has 3 heterocycles. The zero-order valence-corrected chi connectivity index (χ0v) is 18.8. The number of fused-ring (bicyclic) bond motifs is 1. The average Bonchev–Trinajstić information content (AvgIpc) is 3.51. The van der Waals surface area contributed by atoms with Crippen molar-refractivity contribution in [3.8, 4) is 0 Å². The number of anilines is 1. The second-order valence-electron chi connectivity index (χ2n) is 8.05. The molecule has 0 saturated carbocycles. The van der Waals surface area contributed by atoms with E-state index < -0.39 is 15.9 Å².